The molecule has 3 aliphatic heterocycles. The molecule has 4 bridgehead atoms. The number of benzene rings is 11. The van der Waals surface area contributed by atoms with E-state index in [9.17, 15) is 9.59 Å². The van der Waals surface area contributed by atoms with Crippen molar-refractivity contribution in [3.05, 3.63) is 443 Å². The van der Waals surface area contributed by atoms with Crippen LogP contribution >= 0.6 is 0 Å². The largest absolute Gasteiger partial charge is 2.00 e. The summed E-state index contributed by atoms with van der Waals surface area (Å²) in [7, 11) is 0. The van der Waals surface area contributed by atoms with Crippen molar-refractivity contribution in [3.8, 4) is 73.2 Å². The van der Waals surface area contributed by atoms with Crippen molar-refractivity contribution in [3.63, 3.8) is 0 Å². The minimum Gasteiger partial charge on any atom is -0.512 e. The predicted molar refractivity (Wildman–Crippen MR) is 555 cm³/mol. The summed E-state index contributed by atoms with van der Waals surface area (Å²) in [4.78, 5) is 38.1. The van der Waals surface area contributed by atoms with Crippen LogP contribution in [0.4, 0.5) is 17.3 Å². The number of hydrogen-bond acceptors (Lipinski definition) is 10. The third kappa shape index (κ3) is 22.1. The molecule has 28 rings (SSSR count). The van der Waals surface area contributed by atoms with Gasteiger partial charge in [-0.1, -0.05) is 129 Å². The van der Waals surface area contributed by atoms with Crippen molar-refractivity contribution in [2.75, 3.05) is 4.90 Å². The van der Waals surface area contributed by atoms with Crippen LogP contribution in [0.15, 0.2) is 358 Å². The Kier molecular flexibility index (Phi) is 31.8. The second-order valence-corrected chi connectivity index (χ2v) is 38.4. The van der Waals surface area contributed by atoms with E-state index in [0.29, 0.717) is 5.41 Å². The normalized spacial score (nSPS) is 16.0. The number of hydrogen-bond donors (Lipinski definition) is 2. The van der Waals surface area contributed by atoms with Crippen molar-refractivity contribution in [2.24, 2.45) is 11.3 Å². The molecule has 10 heterocycles. The van der Waals surface area contributed by atoms with E-state index >= 15 is 0 Å². The van der Waals surface area contributed by atoms with Crippen LogP contribution in [0.5, 0.6) is 0 Å². The van der Waals surface area contributed by atoms with E-state index in [1.807, 2.05) is 200 Å². The zero-order valence-electron chi connectivity index (χ0n) is 80.7. The number of para-hydroxylation sites is 1. The van der Waals surface area contributed by atoms with Gasteiger partial charge in [-0.3, -0.25) is 24.5 Å². The molecule has 2 N–H and O–H groups in total. The standard InChI is InChI=1S/C28H19N3.C23H26N.C21H22N.C16H10N3.C15H10N.C12H10N.2C5H8O2.Ir.2Pt/c1-4-12-22(13-5-1)25-18-10-20-27(29-25)31(24-16-8-3-9-17-24)28-21-11-19-26(30-28)23-14-6-2-7-15-23;1-23(2)18-8-16-10-22-19-9-15-6-4-3-5-14(15)7-17(19)12-24(22)13-20(16)21(23)11-18;1-2-4-14-9-19-17(7-13(14)3-1)11-22-12-20-16-6-5-15(8-16)18(20)10-21(19)22;1-2-8-13-12(6-1)7-5-11-16(13)19-17-14-9-3-4-10-15(14)18-19;1-2-7-13(8-3-1)15-14-9-5-4-6-12(14)10-11-16-15;1-2-6-11-10(5-1)9-13-8-4-3-7-12(11)13;2*1-4(6)3-5(2)7;;;/h1-12,14,16-21H;7,9-10,13,18,21H,3-6,8,11-12H2,1-2H3;7,9-10,12,15-16H,1-6,8,11H2;1-10H;1-7,9-11H;1-8H,9H2;2*3,6H,1-2H3;;;/q-2;2*+1;2*-1;+1;;;;;+2/b;;;;;;4-3-;;;;. The number of allylic oxidation sites excluding steroid dienone is 4. The number of aliphatic hydroxyl groups excluding tert-OH is 2. The molecule has 1 radical (unpaired) electrons. The van der Waals surface area contributed by atoms with Gasteiger partial charge in [0, 0.05) is 117 Å². The quantitative estimate of drug-likeness (QED) is 0.0616. The average molecular weight is 2400 g/mol. The Morgan fingerprint density at radius 2 is 0.937 bits per heavy atom. The van der Waals surface area contributed by atoms with Gasteiger partial charge in [-0.2, -0.15) is 46.9 Å². The Balaban J connectivity index is 0.000000115. The van der Waals surface area contributed by atoms with Crippen LogP contribution in [0.1, 0.15) is 172 Å². The van der Waals surface area contributed by atoms with E-state index in [-0.39, 0.29) is 85.3 Å². The maximum Gasteiger partial charge on any atom is 2.00 e. The fourth-order valence-electron chi connectivity index (χ4n) is 21.8. The Hall–Kier alpha value is -13.5. The summed E-state index contributed by atoms with van der Waals surface area (Å²) in [5.41, 5.74) is 36.3. The number of carbonyl (C=O) groups is 2. The van der Waals surface area contributed by atoms with Crippen LogP contribution < -0.4 is 18.6 Å². The molecule has 2 fully saturated rings. The molecule has 2 saturated carbocycles. The van der Waals surface area contributed by atoms with E-state index in [4.69, 9.17) is 20.2 Å². The van der Waals surface area contributed by atoms with Crippen LogP contribution in [0.3, 0.4) is 0 Å². The van der Waals surface area contributed by atoms with E-state index in [2.05, 4.69) is 206 Å². The Bertz CT molecular complexity index is 7480. The average Bonchev–Trinajstić information content (AvgIpc) is 1.16. The molecule has 4 unspecified atom stereocenters. The molecule has 18 aromatic rings. The maximum absolute atomic E-state index is 10.0. The zero-order valence-corrected chi connectivity index (χ0v) is 87.6. The second-order valence-electron chi connectivity index (χ2n) is 38.4. The Morgan fingerprint density at radius 3 is 1.50 bits per heavy atom. The number of nitrogens with zero attached hydrogens (tertiary/aromatic N) is 10. The molecule has 0 spiro atoms. The van der Waals surface area contributed by atoms with Gasteiger partial charge < -0.3 is 15.2 Å². The maximum atomic E-state index is 10.0. The molecule has 7 aromatic heterocycles. The van der Waals surface area contributed by atoms with Gasteiger partial charge in [0.15, 0.2) is 49.8 Å². The number of carbonyl (C=O) groups excluding carboxylic acids is 2. The molecule has 4 atom stereocenters. The van der Waals surface area contributed by atoms with Gasteiger partial charge in [0.1, 0.15) is 22.7 Å². The van der Waals surface area contributed by atoms with E-state index in [1.165, 1.54) is 173 Å². The summed E-state index contributed by atoms with van der Waals surface area (Å²) < 4.78 is 7.37. The molecule has 11 aromatic carbocycles. The van der Waals surface area contributed by atoms with Crippen molar-refractivity contribution in [1.29, 1.82) is 0 Å². The monoisotopic (exact) mass is 2400 g/mol. The number of fused-ring (bicyclic) bond motifs is 19. The van der Waals surface area contributed by atoms with Gasteiger partial charge in [0.25, 0.3) is 0 Å². The number of aryl methyl sites for hydroxylation is 4. The van der Waals surface area contributed by atoms with E-state index in [0.717, 1.165) is 122 Å². The number of ketones is 2. The molecule has 10 aliphatic rings. The molecule has 14 nitrogen and oxygen atoms in total. The van der Waals surface area contributed by atoms with E-state index < -0.39 is 0 Å². The third-order valence-corrected chi connectivity index (χ3v) is 28.6. The summed E-state index contributed by atoms with van der Waals surface area (Å²) >= 11 is 0. The fraction of sp³-hybridized carbons (Fsp3) is 0.216. The molecule has 0 amide bonds. The van der Waals surface area contributed by atoms with Crippen molar-refractivity contribution in [2.45, 2.75) is 162 Å². The summed E-state index contributed by atoms with van der Waals surface area (Å²) in [5, 5.41) is 30.4. The minimum atomic E-state index is -0.125. The van der Waals surface area contributed by atoms with Gasteiger partial charge in [0.2, 0.25) is 17.1 Å². The Labute approximate surface area is 875 Å². The van der Waals surface area contributed by atoms with Crippen LogP contribution in [0.25, 0.3) is 106 Å². The van der Waals surface area contributed by atoms with E-state index in [1.54, 1.807) is 60.4 Å². The van der Waals surface area contributed by atoms with Gasteiger partial charge in [0.05, 0.1) is 28.2 Å². The number of anilines is 3. The number of aliphatic hydroxyl groups is 2. The number of rotatable bonds is 9. The molecule has 715 valence electrons. The van der Waals surface area contributed by atoms with Crippen LogP contribution in [-0.2, 0) is 124 Å². The SMILES string of the molecule is CC(=O)/C=C(/C)O.CC(=O)C=C(C)O.CC1(C)C2Cc3cc4[n+](cc3C1C2)Cc1cc2c(cc1-4)CCCC2.[Ir].[Pt+2].[Pt].[c-]1ccc2ccccc2c1-n1nc2ccccc2n1.[c-]1ccccc1-c1cccc(N(c2ccccc2)c2cccc(-c3[c-]cccc3)n2)n1.[c-]1ccccc1-c1nccc2ccccc12.c1c2c(cc3c1C[n+]1cc4c(cc1-3)C1CCC4C1)CCCC2.c1ccc2c(c1)C[n+]1ccccc1-2. The van der Waals surface area contributed by atoms with Gasteiger partial charge in [-0.25, -0.2) is 0 Å². The van der Waals surface area contributed by atoms with Gasteiger partial charge in [-0.05, 0) is 286 Å². The number of pyridine rings is 6. The first kappa shape index (κ1) is 100. The molecule has 0 saturated heterocycles. The van der Waals surface area contributed by atoms with Crippen LogP contribution in [0.2, 0.25) is 0 Å². The summed E-state index contributed by atoms with van der Waals surface area (Å²) in [6.07, 6.45) is 29.0. The third-order valence-electron chi connectivity index (χ3n) is 28.6. The molecule has 7 aliphatic carbocycles. The first-order valence-corrected chi connectivity index (χ1v) is 49.0. The van der Waals surface area contributed by atoms with Gasteiger partial charge in [-0.15, -0.1) is 125 Å². The molecule has 142 heavy (non-hydrogen) atoms. The molecular formula is C125H113IrN10O4Pt2+. The van der Waals surface area contributed by atoms with Crippen LogP contribution in [-0.4, -0.2) is 51.7 Å². The number of aromatic nitrogens is 9. The summed E-state index contributed by atoms with van der Waals surface area (Å²) in [6.45, 7) is 13.9. The van der Waals surface area contributed by atoms with Crippen molar-refractivity contribution >= 4 is 61.5 Å². The van der Waals surface area contributed by atoms with Crippen LogP contribution in [0, 0.1) is 35.6 Å². The zero-order chi connectivity index (χ0) is 95.0. The van der Waals surface area contributed by atoms with Gasteiger partial charge >= 0.3 is 21.1 Å². The fourth-order valence-corrected chi connectivity index (χ4v) is 21.8. The van der Waals surface area contributed by atoms with Crippen molar-refractivity contribution in [1.82, 2.24) is 29.9 Å². The topological polar surface area (TPSA) is 159 Å². The summed E-state index contributed by atoms with van der Waals surface area (Å²) in [6, 6.07) is 119. The second kappa shape index (κ2) is 45.2. The Morgan fingerprint density at radius 1 is 0.437 bits per heavy atom. The van der Waals surface area contributed by atoms with Crippen molar-refractivity contribution < 1.29 is 95.7 Å². The minimum absolute atomic E-state index is 0. The predicted octanol–water partition coefficient (Wildman–Crippen LogP) is 26.8. The first-order valence-electron chi connectivity index (χ1n) is 49.0. The molecular weight excluding hydrogens is 2290 g/mol. The molecule has 17 heteroatoms. The summed E-state index contributed by atoms with van der Waals surface area (Å²) in [5.74, 6) is 4.90. The first-order chi connectivity index (χ1) is 67.9. The smallest absolute Gasteiger partial charge is 0.512 e.